The number of likely N-dealkylation sites (tertiary alicyclic amines) is 1. The number of carbonyl (C=O) groups excluding carboxylic acids is 1. The molecule has 0 aliphatic carbocycles. The first-order valence-corrected chi connectivity index (χ1v) is 7.80. The molecule has 4 nitrogen and oxygen atoms in total. The molecule has 0 saturated carbocycles. The van der Waals surface area contributed by atoms with Crippen LogP contribution in [-0.4, -0.2) is 36.5 Å². The third-order valence-electron chi connectivity index (χ3n) is 4.28. The number of ether oxygens (including phenoxy) is 1. The number of amides is 1. The van der Waals surface area contributed by atoms with Gasteiger partial charge in [0.25, 0.3) is 0 Å². The molecule has 116 valence electrons. The molecule has 1 saturated heterocycles. The Morgan fingerprint density at radius 2 is 2.19 bits per heavy atom. The predicted molar refractivity (Wildman–Crippen MR) is 84.3 cm³/mol. The minimum absolute atomic E-state index is 0.0421. The van der Waals surface area contributed by atoms with Gasteiger partial charge in [-0.15, -0.1) is 0 Å². The van der Waals surface area contributed by atoms with Gasteiger partial charge in [0.05, 0.1) is 7.11 Å². The molecule has 21 heavy (non-hydrogen) atoms. The van der Waals surface area contributed by atoms with E-state index in [1.807, 2.05) is 36.1 Å². The summed E-state index contributed by atoms with van der Waals surface area (Å²) in [6.45, 7) is 2.84. The first-order chi connectivity index (χ1) is 10.1. The van der Waals surface area contributed by atoms with Gasteiger partial charge >= 0.3 is 0 Å². The summed E-state index contributed by atoms with van der Waals surface area (Å²) in [5.41, 5.74) is 7.12. The van der Waals surface area contributed by atoms with Crippen LogP contribution in [0.2, 0.25) is 0 Å². The van der Waals surface area contributed by atoms with E-state index in [-0.39, 0.29) is 18.0 Å². The van der Waals surface area contributed by atoms with Crippen molar-refractivity contribution in [1.82, 2.24) is 4.90 Å². The lowest BCUT2D eigenvalue weighted by molar-refractivity contribution is -0.135. The number of nitrogens with zero attached hydrogens (tertiary/aromatic N) is 1. The van der Waals surface area contributed by atoms with Gasteiger partial charge in [-0.3, -0.25) is 4.79 Å². The van der Waals surface area contributed by atoms with Crippen molar-refractivity contribution in [3.05, 3.63) is 29.8 Å². The van der Waals surface area contributed by atoms with Crippen molar-refractivity contribution in [2.45, 2.75) is 51.1 Å². The molecule has 1 aliphatic rings. The topological polar surface area (TPSA) is 55.6 Å². The van der Waals surface area contributed by atoms with Crippen molar-refractivity contribution < 1.29 is 9.53 Å². The summed E-state index contributed by atoms with van der Waals surface area (Å²) >= 11 is 0. The molecule has 1 aliphatic heterocycles. The van der Waals surface area contributed by atoms with E-state index in [4.69, 9.17) is 10.5 Å². The molecule has 2 atom stereocenters. The van der Waals surface area contributed by atoms with E-state index in [9.17, 15) is 4.79 Å². The Morgan fingerprint density at radius 1 is 1.43 bits per heavy atom. The Morgan fingerprint density at radius 3 is 2.90 bits per heavy atom. The second kappa shape index (κ2) is 7.46. The molecule has 2 N–H and O–H groups in total. The van der Waals surface area contributed by atoms with Gasteiger partial charge in [0.15, 0.2) is 0 Å². The lowest BCUT2D eigenvalue weighted by Gasteiger charge is -2.38. The highest BCUT2D eigenvalue weighted by atomic mass is 16.5. The molecule has 0 bridgehead atoms. The van der Waals surface area contributed by atoms with Crippen molar-refractivity contribution in [3.63, 3.8) is 0 Å². The standard InChI is InChI=1S/C17H26N2O2/c1-13(18)15-8-5-6-12-19(15)17(20)11-10-14-7-3-4-9-16(14)21-2/h3-4,7,9,13,15H,5-6,8,10-12,18H2,1-2H3. The van der Waals surface area contributed by atoms with Gasteiger partial charge in [0.1, 0.15) is 5.75 Å². The monoisotopic (exact) mass is 290 g/mol. The number of aryl methyl sites for hydroxylation is 1. The van der Waals surface area contributed by atoms with Crippen molar-refractivity contribution in [2.75, 3.05) is 13.7 Å². The fourth-order valence-corrected chi connectivity index (χ4v) is 3.11. The Kier molecular flexibility index (Phi) is 5.62. The minimum atomic E-state index is 0.0421. The van der Waals surface area contributed by atoms with Crippen LogP contribution in [0.5, 0.6) is 5.75 Å². The number of piperidine rings is 1. The zero-order valence-corrected chi connectivity index (χ0v) is 13.0. The van der Waals surface area contributed by atoms with Gasteiger partial charge in [0, 0.05) is 25.0 Å². The molecule has 0 radical (unpaired) electrons. The highest BCUT2D eigenvalue weighted by molar-refractivity contribution is 5.77. The zero-order valence-electron chi connectivity index (χ0n) is 13.0. The Labute approximate surface area is 127 Å². The van der Waals surface area contributed by atoms with E-state index in [0.717, 1.165) is 30.7 Å². The average Bonchev–Trinajstić information content (AvgIpc) is 2.52. The van der Waals surface area contributed by atoms with Crippen LogP contribution in [0.1, 0.15) is 38.2 Å². The number of rotatable bonds is 5. The van der Waals surface area contributed by atoms with E-state index in [0.29, 0.717) is 12.8 Å². The number of carbonyl (C=O) groups is 1. The van der Waals surface area contributed by atoms with E-state index < -0.39 is 0 Å². The van der Waals surface area contributed by atoms with Crippen molar-refractivity contribution >= 4 is 5.91 Å². The number of hydrogen-bond donors (Lipinski definition) is 1. The van der Waals surface area contributed by atoms with E-state index in [1.165, 1.54) is 6.42 Å². The summed E-state index contributed by atoms with van der Waals surface area (Å²) in [5.74, 6) is 1.07. The van der Waals surface area contributed by atoms with Gasteiger partial charge < -0.3 is 15.4 Å². The van der Waals surface area contributed by atoms with Gasteiger partial charge in [0.2, 0.25) is 5.91 Å². The fourth-order valence-electron chi connectivity index (χ4n) is 3.11. The smallest absolute Gasteiger partial charge is 0.223 e. The van der Waals surface area contributed by atoms with Crippen LogP contribution in [0.15, 0.2) is 24.3 Å². The maximum atomic E-state index is 12.5. The number of para-hydroxylation sites is 1. The summed E-state index contributed by atoms with van der Waals surface area (Å²) in [4.78, 5) is 14.5. The molecule has 1 aromatic carbocycles. The molecule has 0 aromatic heterocycles. The Hall–Kier alpha value is -1.55. The molecule has 2 unspecified atom stereocenters. The van der Waals surface area contributed by atoms with Gasteiger partial charge in [-0.05, 0) is 44.2 Å². The van der Waals surface area contributed by atoms with E-state index >= 15 is 0 Å². The lowest BCUT2D eigenvalue weighted by atomic mass is 9.96. The normalized spacial score (nSPS) is 20.1. The molecule has 0 spiro atoms. The summed E-state index contributed by atoms with van der Waals surface area (Å²) < 4.78 is 5.34. The van der Waals surface area contributed by atoms with E-state index in [2.05, 4.69) is 0 Å². The minimum Gasteiger partial charge on any atom is -0.496 e. The Balaban J connectivity index is 1.97. The third-order valence-corrected chi connectivity index (χ3v) is 4.28. The van der Waals surface area contributed by atoms with Crippen LogP contribution in [0, 0.1) is 0 Å². The maximum Gasteiger partial charge on any atom is 0.223 e. The summed E-state index contributed by atoms with van der Waals surface area (Å²) in [5, 5.41) is 0. The van der Waals surface area contributed by atoms with Crippen LogP contribution < -0.4 is 10.5 Å². The first kappa shape index (κ1) is 15.8. The average molecular weight is 290 g/mol. The number of hydrogen-bond acceptors (Lipinski definition) is 3. The quantitative estimate of drug-likeness (QED) is 0.905. The zero-order chi connectivity index (χ0) is 15.2. The highest BCUT2D eigenvalue weighted by Gasteiger charge is 2.28. The van der Waals surface area contributed by atoms with Crippen LogP contribution in [0.4, 0.5) is 0 Å². The molecular formula is C17H26N2O2. The summed E-state index contributed by atoms with van der Waals surface area (Å²) in [6, 6.07) is 8.12. The molecular weight excluding hydrogens is 264 g/mol. The van der Waals surface area contributed by atoms with Crippen LogP contribution in [0.3, 0.4) is 0 Å². The number of nitrogens with two attached hydrogens (primary N) is 1. The van der Waals surface area contributed by atoms with Crippen LogP contribution in [0.25, 0.3) is 0 Å². The second-order valence-electron chi connectivity index (χ2n) is 5.82. The third kappa shape index (κ3) is 3.97. The Bertz CT molecular complexity index is 474. The molecule has 1 aromatic rings. The second-order valence-corrected chi connectivity index (χ2v) is 5.82. The lowest BCUT2D eigenvalue weighted by Crippen LogP contribution is -2.51. The van der Waals surface area contributed by atoms with Crippen molar-refractivity contribution in [2.24, 2.45) is 5.73 Å². The number of benzene rings is 1. The molecule has 1 fully saturated rings. The molecule has 4 heteroatoms. The van der Waals surface area contributed by atoms with Crippen LogP contribution >= 0.6 is 0 Å². The fraction of sp³-hybridized carbons (Fsp3) is 0.588. The SMILES string of the molecule is COc1ccccc1CCC(=O)N1CCCCC1C(C)N. The number of methoxy groups -OCH3 is 1. The summed E-state index contributed by atoms with van der Waals surface area (Å²) in [6.07, 6.45) is 4.51. The predicted octanol–water partition coefficient (Wildman–Crippen LogP) is 2.36. The van der Waals surface area contributed by atoms with E-state index in [1.54, 1.807) is 7.11 Å². The first-order valence-electron chi connectivity index (χ1n) is 7.80. The molecule has 1 heterocycles. The summed E-state index contributed by atoms with van der Waals surface area (Å²) in [7, 11) is 1.66. The van der Waals surface area contributed by atoms with Gasteiger partial charge in [-0.2, -0.15) is 0 Å². The maximum absolute atomic E-state index is 12.5. The highest BCUT2D eigenvalue weighted by Crippen LogP contribution is 2.22. The van der Waals surface area contributed by atoms with Crippen LogP contribution in [-0.2, 0) is 11.2 Å². The largest absolute Gasteiger partial charge is 0.496 e. The van der Waals surface area contributed by atoms with Crippen molar-refractivity contribution in [1.29, 1.82) is 0 Å². The molecule has 2 rings (SSSR count). The van der Waals surface area contributed by atoms with Gasteiger partial charge in [-0.1, -0.05) is 18.2 Å². The molecule has 1 amide bonds. The van der Waals surface area contributed by atoms with Crippen molar-refractivity contribution in [3.8, 4) is 5.75 Å². The van der Waals surface area contributed by atoms with Gasteiger partial charge in [-0.25, -0.2) is 0 Å².